The van der Waals surface area contributed by atoms with Crippen molar-refractivity contribution in [3.8, 4) is 11.1 Å². The van der Waals surface area contributed by atoms with E-state index in [9.17, 15) is 17.6 Å². The molecular formula is C28H28FN3O4S. The molecule has 0 unspecified atom stereocenters. The number of nitrogens with zero attached hydrogens (tertiary/aromatic N) is 3. The molecule has 9 heteroatoms. The lowest BCUT2D eigenvalue weighted by atomic mass is 9.99. The van der Waals surface area contributed by atoms with Crippen LogP contribution in [0.4, 0.5) is 10.2 Å². The van der Waals surface area contributed by atoms with Crippen molar-refractivity contribution in [2.75, 3.05) is 25.5 Å². The van der Waals surface area contributed by atoms with Crippen LogP contribution in [0.15, 0.2) is 76.4 Å². The Balaban J connectivity index is 1.29. The van der Waals surface area contributed by atoms with Gasteiger partial charge in [0.15, 0.2) is 5.78 Å². The molecule has 2 aromatic carbocycles. The number of ketones is 1. The Morgan fingerprint density at radius 3 is 2.70 bits per heavy atom. The SMILES string of the molecule is CN(C)c1ccc(-c2cccc(CCC(=O)[C@@H]3CCCN3S(=O)(=O)c3cc4cc(F)ccc4o3)c2)cn1. The van der Waals surface area contributed by atoms with E-state index in [0.29, 0.717) is 24.6 Å². The van der Waals surface area contributed by atoms with Gasteiger partial charge in [-0.25, -0.2) is 17.8 Å². The molecule has 1 saturated heterocycles. The predicted molar refractivity (Wildman–Crippen MR) is 140 cm³/mol. The topological polar surface area (TPSA) is 83.7 Å². The van der Waals surface area contributed by atoms with Gasteiger partial charge in [0, 0.05) is 50.3 Å². The largest absolute Gasteiger partial charge is 0.443 e. The van der Waals surface area contributed by atoms with Gasteiger partial charge < -0.3 is 9.32 Å². The number of aromatic nitrogens is 1. The van der Waals surface area contributed by atoms with Gasteiger partial charge >= 0.3 is 0 Å². The molecule has 7 nitrogen and oxygen atoms in total. The van der Waals surface area contributed by atoms with Gasteiger partial charge in [-0.1, -0.05) is 24.3 Å². The monoisotopic (exact) mass is 521 g/mol. The first-order valence-corrected chi connectivity index (χ1v) is 13.6. The number of hydrogen-bond donors (Lipinski definition) is 0. The third kappa shape index (κ3) is 5.14. The number of fused-ring (bicyclic) bond motifs is 1. The minimum absolute atomic E-state index is 0.120. The molecule has 0 saturated carbocycles. The summed E-state index contributed by atoms with van der Waals surface area (Å²) in [4.78, 5) is 19.6. The molecule has 1 aliphatic heterocycles. The van der Waals surface area contributed by atoms with Crippen LogP contribution in [0, 0.1) is 5.82 Å². The minimum Gasteiger partial charge on any atom is -0.443 e. The summed E-state index contributed by atoms with van der Waals surface area (Å²) in [5.74, 6) is 0.277. The van der Waals surface area contributed by atoms with E-state index < -0.39 is 21.9 Å². The Kier molecular flexibility index (Phi) is 6.83. The lowest BCUT2D eigenvalue weighted by Gasteiger charge is -2.21. The van der Waals surface area contributed by atoms with Crippen molar-refractivity contribution in [3.05, 3.63) is 78.2 Å². The number of benzene rings is 2. The fourth-order valence-corrected chi connectivity index (χ4v) is 6.37. The summed E-state index contributed by atoms with van der Waals surface area (Å²) in [7, 11) is -0.153. The highest BCUT2D eigenvalue weighted by atomic mass is 32.2. The third-order valence-corrected chi connectivity index (χ3v) is 8.48. The maximum atomic E-state index is 13.6. The van der Waals surface area contributed by atoms with Crippen LogP contribution in [0.5, 0.6) is 0 Å². The molecule has 37 heavy (non-hydrogen) atoms. The van der Waals surface area contributed by atoms with E-state index in [1.807, 2.05) is 61.6 Å². The summed E-state index contributed by atoms with van der Waals surface area (Å²) < 4.78 is 46.9. The molecule has 192 valence electrons. The Bertz CT molecular complexity index is 1550. The van der Waals surface area contributed by atoms with E-state index in [1.54, 1.807) is 0 Å². The average molecular weight is 522 g/mol. The van der Waals surface area contributed by atoms with Gasteiger partial charge in [-0.05, 0) is 60.7 Å². The molecule has 4 aromatic rings. The first-order valence-electron chi connectivity index (χ1n) is 12.2. The Labute approximate surface area is 215 Å². The number of halogens is 1. The van der Waals surface area contributed by atoms with Crippen molar-refractivity contribution >= 4 is 32.6 Å². The van der Waals surface area contributed by atoms with E-state index in [0.717, 1.165) is 22.5 Å². The van der Waals surface area contributed by atoms with Crippen LogP contribution >= 0.6 is 0 Å². The quantitative estimate of drug-likeness (QED) is 0.323. The maximum absolute atomic E-state index is 13.6. The third-order valence-electron chi connectivity index (χ3n) is 6.72. The molecule has 0 aliphatic carbocycles. The number of pyridine rings is 1. The highest BCUT2D eigenvalue weighted by molar-refractivity contribution is 7.89. The molecule has 0 bridgehead atoms. The average Bonchev–Trinajstić information content (AvgIpc) is 3.56. The van der Waals surface area contributed by atoms with Gasteiger partial charge in [-0.15, -0.1) is 0 Å². The molecule has 1 aliphatic rings. The molecule has 3 heterocycles. The molecule has 0 radical (unpaired) electrons. The van der Waals surface area contributed by atoms with E-state index in [4.69, 9.17) is 4.42 Å². The molecule has 0 amide bonds. The van der Waals surface area contributed by atoms with Gasteiger partial charge in [0.25, 0.3) is 10.0 Å². The number of anilines is 1. The summed E-state index contributed by atoms with van der Waals surface area (Å²) in [6.45, 7) is 0.246. The number of furan rings is 1. The number of carbonyl (C=O) groups excluding carboxylic acids is 1. The second-order valence-corrected chi connectivity index (χ2v) is 11.3. The summed E-state index contributed by atoms with van der Waals surface area (Å²) in [5, 5.41) is 0.0986. The van der Waals surface area contributed by atoms with Crippen molar-refractivity contribution in [2.24, 2.45) is 0 Å². The predicted octanol–water partition coefficient (Wildman–Crippen LogP) is 5.05. The van der Waals surface area contributed by atoms with Gasteiger partial charge in [-0.2, -0.15) is 4.31 Å². The standard InChI is InChI=1S/C28H28FN3O4S/c1-31(2)27-13-9-21(18-30-27)20-6-3-5-19(15-20)8-11-25(33)24-7-4-14-32(24)37(34,35)28-17-22-16-23(29)10-12-26(22)36-28/h3,5-6,9-10,12-13,15-18,24H,4,7-8,11,14H2,1-2H3/t24-/m0/s1. The van der Waals surface area contributed by atoms with Gasteiger partial charge in [0.05, 0.1) is 6.04 Å². The Morgan fingerprint density at radius 1 is 1.11 bits per heavy atom. The number of hydrogen-bond acceptors (Lipinski definition) is 6. The van der Waals surface area contributed by atoms with Crippen molar-refractivity contribution in [1.82, 2.24) is 9.29 Å². The second kappa shape index (κ2) is 10.1. The summed E-state index contributed by atoms with van der Waals surface area (Å²) in [5.41, 5.74) is 3.27. The van der Waals surface area contributed by atoms with Crippen LogP contribution in [0.25, 0.3) is 22.1 Å². The molecule has 2 aromatic heterocycles. The van der Waals surface area contributed by atoms with Crippen LogP contribution in [0.2, 0.25) is 0 Å². The molecule has 0 N–H and O–H groups in total. The number of Topliss-reactive ketones (excluding diaryl/α,β-unsaturated/α-hetero) is 1. The minimum atomic E-state index is -4.03. The van der Waals surface area contributed by atoms with Gasteiger partial charge in [-0.3, -0.25) is 4.79 Å². The van der Waals surface area contributed by atoms with Crippen molar-refractivity contribution < 1.29 is 22.0 Å². The zero-order valence-electron chi connectivity index (χ0n) is 20.7. The molecule has 1 atom stereocenters. The number of carbonyl (C=O) groups is 1. The normalized spacial score (nSPS) is 16.4. The van der Waals surface area contributed by atoms with Gasteiger partial charge in [0.2, 0.25) is 5.09 Å². The number of aryl methyl sites for hydroxylation is 1. The fourth-order valence-electron chi connectivity index (χ4n) is 4.74. The molecule has 5 rings (SSSR count). The molecule has 0 spiro atoms. The highest BCUT2D eigenvalue weighted by Gasteiger charge is 2.40. The van der Waals surface area contributed by atoms with E-state index >= 15 is 0 Å². The molecule has 1 fully saturated rings. The summed E-state index contributed by atoms with van der Waals surface area (Å²) in [6, 6.07) is 16.4. The van der Waals surface area contributed by atoms with Crippen molar-refractivity contribution in [2.45, 2.75) is 36.8 Å². The van der Waals surface area contributed by atoms with Crippen molar-refractivity contribution in [1.29, 1.82) is 0 Å². The zero-order valence-corrected chi connectivity index (χ0v) is 21.5. The second-order valence-electron chi connectivity index (χ2n) is 9.49. The highest BCUT2D eigenvalue weighted by Crippen LogP contribution is 2.31. The first-order chi connectivity index (χ1) is 17.7. The van der Waals surface area contributed by atoms with Crippen LogP contribution < -0.4 is 4.90 Å². The van der Waals surface area contributed by atoms with Crippen LogP contribution in [0.3, 0.4) is 0 Å². The lowest BCUT2D eigenvalue weighted by molar-refractivity contribution is -0.122. The summed E-state index contributed by atoms with van der Waals surface area (Å²) >= 11 is 0. The van der Waals surface area contributed by atoms with E-state index in [-0.39, 0.29) is 29.4 Å². The van der Waals surface area contributed by atoms with E-state index in [1.165, 1.54) is 28.6 Å². The Hall–Kier alpha value is -3.56. The number of rotatable bonds is 8. The number of sulfonamides is 1. The van der Waals surface area contributed by atoms with Crippen molar-refractivity contribution in [3.63, 3.8) is 0 Å². The zero-order chi connectivity index (χ0) is 26.2. The van der Waals surface area contributed by atoms with Crippen LogP contribution in [0.1, 0.15) is 24.8 Å². The van der Waals surface area contributed by atoms with Crippen LogP contribution in [-0.2, 0) is 21.2 Å². The van der Waals surface area contributed by atoms with Gasteiger partial charge in [0.1, 0.15) is 17.2 Å². The fraction of sp³-hybridized carbons (Fsp3) is 0.286. The smallest absolute Gasteiger partial charge is 0.277 e. The Morgan fingerprint density at radius 2 is 1.95 bits per heavy atom. The summed E-state index contributed by atoms with van der Waals surface area (Å²) in [6.07, 6.45) is 3.62. The maximum Gasteiger partial charge on any atom is 0.277 e. The van der Waals surface area contributed by atoms with Crippen LogP contribution in [-0.4, -0.2) is 50.2 Å². The lowest BCUT2D eigenvalue weighted by Crippen LogP contribution is -2.40. The molecular weight excluding hydrogens is 493 g/mol. The van der Waals surface area contributed by atoms with E-state index in [2.05, 4.69) is 4.98 Å². The first kappa shape index (κ1) is 25.1.